The van der Waals surface area contributed by atoms with Crippen molar-refractivity contribution in [1.29, 1.82) is 0 Å². The molecule has 0 radical (unpaired) electrons. The number of hydrogen-bond acceptors (Lipinski definition) is 5. The van der Waals surface area contributed by atoms with Crippen LogP contribution in [0.1, 0.15) is 29.9 Å². The third kappa shape index (κ3) is 3.51. The Labute approximate surface area is 125 Å². The molecule has 2 atom stereocenters. The van der Waals surface area contributed by atoms with E-state index >= 15 is 0 Å². The summed E-state index contributed by atoms with van der Waals surface area (Å²) in [4.78, 5) is 18.9. The Balaban J connectivity index is 2.25. The van der Waals surface area contributed by atoms with Crippen molar-refractivity contribution >= 4 is 11.7 Å². The first-order valence-corrected chi connectivity index (χ1v) is 7.31. The van der Waals surface area contributed by atoms with E-state index in [1.54, 1.807) is 18.0 Å². The standard InChI is InChI=1S/C15H23N3O3/c1-4-12-5-11(6-14(16-3)17-12)15(20)18-7-13(8-19)21-9-10(18)2/h5-6,10,13,19H,4,7-9H2,1-3H3,(H,16,17). The lowest BCUT2D eigenvalue weighted by molar-refractivity contribution is -0.0667. The summed E-state index contributed by atoms with van der Waals surface area (Å²) in [6.45, 7) is 4.74. The maximum Gasteiger partial charge on any atom is 0.254 e. The highest BCUT2D eigenvalue weighted by molar-refractivity contribution is 5.95. The quantitative estimate of drug-likeness (QED) is 0.863. The zero-order valence-electron chi connectivity index (χ0n) is 12.8. The fourth-order valence-electron chi connectivity index (χ4n) is 2.40. The lowest BCUT2D eigenvalue weighted by atomic mass is 10.1. The van der Waals surface area contributed by atoms with Crippen LogP contribution in [0.5, 0.6) is 0 Å². The number of ether oxygens (including phenoxy) is 1. The first-order chi connectivity index (χ1) is 10.1. The number of aliphatic hydroxyl groups is 1. The van der Waals surface area contributed by atoms with Gasteiger partial charge in [-0.2, -0.15) is 0 Å². The minimum absolute atomic E-state index is 0.00317. The molecule has 1 aromatic heterocycles. The van der Waals surface area contributed by atoms with Crippen molar-refractivity contribution in [1.82, 2.24) is 9.88 Å². The molecule has 2 heterocycles. The average molecular weight is 293 g/mol. The molecule has 1 aliphatic heterocycles. The summed E-state index contributed by atoms with van der Waals surface area (Å²) in [5.41, 5.74) is 1.50. The number of nitrogens with zero attached hydrogens (tertiary/aromatic N) is 2. The van der Waals surface area contributed by atoms with E-state index in [1.807, 2.05) is 19.9 Å². The molecular formula is C15H23N3O3. The van der Waals surface area contributed by atoms with E-state index in [1.165, 1.54) is 0 Å². The molecule has 6 heteroatoms. The first kappa shape index (κ1) is 15.7. The second kappa shape index (κ2) is 6.87. The number of rotatable bonds is 4. The molecule has 0 aromatic carbocycles. The van der Waals surface area contributed by atoms with Crippen LogP contribution in [0.2, 0.25) is 0 Å². The highest BCUT2D eigenvalue weighted by atomic mass is 16.5. The summed E-state index contributed by atoms with van der Waals surface area (Å²) in [6, 6.07) is 3.59. The second-order valence-corrected chi connectivity index (χ2v) is 5.28. The van der Waals surface area contributed by atoms with Gasteiger partial charge in [-0.15, -0.1) is 0 Å². The van der Waals surface area contributed by atoms with E-state index in [0.29, 0.717) is 24.5 Å². The third-order valence-electron chi connectivity index (χ3n) is 3.71. The number of aryl methyl sites for hydroxylation is 1. The molecule has 0 saturated carbocycles. The Morgan fingerprint density at radius 1 is 1.57 bits per heavy atom. The van der Waals surface area contributed by atoms with Crippen molar-refractivity contribution in [3.8, 4) is 0 Å². The summed E-state index contributed by atoms with van der Waals surface area (Å²) >= 11 is 0. The van der Waals surface area contributed by atoms with E-state index in [2.05, 4.69) is 10.3 Å². The Hall–Kier alpha value is -1.66. The fraction of sp³-hybridized carbons (Fsp3) is 0.600. The second-order valence-electron chi connectivity index (χ2n) is 5.28. The van der Waals surface area contributed by atoms with Crippen molar-refractivity contribution in [3.05, 3.63) is 23.4 Å². The van der Waals surface area contributed by atoms with Gasteiger partial charge in [0.2, 0.25) is 0 Å². The molecule has 0 bridgehead atoms. The molecule has 2 rings (SSSR count). The predicted octanol–water partition coefficient (Wildman–Crippen LogP) is 0.907. The molecule has 1 amide bonds. The number of pyridine rings is 1. The van der Waals surface area contributed by atoms with E-state index in [-0.39, 0.29) is 24.7 Å². The zero-order valence-corrected chi connectivity index (χ0v) is 12.8. The van der Waals surface area contributed by atoms with Gasteiger partial charge in [-0.1, -0.05) is 6.92 Å². The molecule has 1 aromatic rings. The number of carbonyl (C=O) groups is 1. The molecule has 0 aliphatic carbocycles. The van der Waals surface area contributed by atoms with Gasteiger partial charge >= 0.3 is 0 Å². The number of amides is 1. The normalized spacial score (nSPS) is 22.2. The SMILES string of the molecule is CCc1cc(C(=O)N2CC(CO)OCC2C)cc(NC)n1. The topological polar surface area (TPSA) is 74.7 Å². The minimum Gasteiger partial charge on any atom is -0.394 e. The average Bonchev–Trinajstić information content (AvgIpc) is 2.54. The van der Waals surface area contributed by atoms with Gasteiger partial charge in [0.05, 0.1) is 25.4 Å². The van der Waals surface area contributed by atoms with E-state index < -0.39 is 0 Å². The zero-order chi connectivity index (χ0) is 15.4. The van der Waals surface area contributed by atoms with Crippen LogP contribution >= 0.6 is 0 Å². The summed E-state index contributed by atoms with van der Waals surface area (Å²) in [6.07, 6.45) is 0.467. The number of anilines is 1. The first-order valence-electron chi connectivity index (χ1n) is 7.31. The van der Waals surface area contributed by atoms with Gasteiger partial charge in [0.25, 0.3) is 5.91 Å². The van der Waals surface area contributed by atoms with Gasteiger partial charge < -0.3 is 20.1 Å². The van der Waals surface area contributed by atoms with Gasteiger partial charge in [0.1, 0.15) is 5.82 Å². The molecule has 1 aliphatic rings. The van der Waals surface area contributed by atoms with Gasteiger partial charge in [0.15, 0.2) is 0 Å². The molecule has 6 nitrogen and oxygen atoms in total. The maximum atomic E-state index is 12.7. The summed E-state index contributed by atoms with van der Waals surface area (Å²) in [5.74, 6) is 0.648. The van der Waals surface area contributed by atoms with Crippen LogP contribution in [0.3, 0.4) is 0 Å². The van der Waals surface area contributed by atoms with Crippen molar-refractivity contribution in [2.45, 2.75) is 32.4 Å². The number of aromatic nitrogens is 1. The van der Waals surface area contributed by atoms with Crippen molar-refractivity contribution < 1.29 is 14.6 Å². The van der Waals surface area contributed by atoms with Crippen molar-refractivity contribution in [2.75, 3.05) is 32.1 Å². The smallest absolute Gasteiger partial charge is 0.254 e. The van der Waals surface area contributed by atoms with Gasteiger partial charge in [0, 0.05) is 24.8 Å². The van der Waals surface area contributed by atoms with Gasteiger partial charge in [-0.05, 0) is 25.5 Å². The van der Waals surface area contributed by atoms with Gasteiger partial charge in [-0.3, -0.25) is 4.79 Å². The van der Waals surface area contributed by atoms with Crippen LogP contribution in [-0.2, 0) is 11.2 Å². The number of carbonyl (C=O) groups excluding carboxylic acids is 1. The molecule has 2 N–H and O–H groups in total. The Kier molecular flexibility index (Phi) is 5.14. The number of nitrogens with one attached hydrogen (secondary N) is 1. The highest BCUT2D eigenvalue weighted by Gasteiger charge is 2.30. The third-order valence-corrected chi connectivity index (χ3v) is 3.71. The fourth-order valence-corrected chi connectivity index (χ4v) is 2.40. The molecule has 116 valence electrons. The van der Waals surface area contributed by atoms with E-state index in [0.717, 1.165) is 12.1 Å². The van der Waals surface area contributed by atoms with Crippen LogP contribution in [0.4, 0.5) is 5.82 Å². The summed E-state index contributed by atoms with van der Waals surface area (Å²) in [7, 11) is 1.79. The summed E-state index contributed by atoms with van der Waals surface area (Å²) < 4.78 is 5.48. The van der Waals surface area contributed by atoms with Crippen LogP contribution in [0.15, 0.2) is 12.1 Å². The molecule has 0 spiro atoms. The summed E-state index contributed by atoms with van der Waals surface area (Å²) in [5, 5.41) is 12.2. The van der Waals surface area contributed by atoms with Crippen LogP contribution in [0, 0.1) is 0 Å². The lowest BCUT2D eigenvalue weighted by Crippen LogP contribution is -2.52. The molecular weight excluding hydrogens is 270 g/mol. The van der Waals surface area contributed by atoms with Gasteiger partial charge in [-0.25, -0.2) is 4.98 Å². The lowest BCUT2D eigenvalue weighted by Gasteiger charge is -2.37. The molecule has 1 saturated heterocycles. The molecule has 2 unspecified atom stereocenters. The number of hydrogen-bond donors (Lipinski definition) is 2. The molecule has 21 heavy (non-hydrogen) atoms. The Morgan fingerprint density at radius 2 is 2.33 bits per heavy atom. The van der Waals surface area contributed by atoms with Crippen LogP contribution in [-0.4, -0.2) is 59.8 Å². The molecule has 1 fully saturated rings. The van der Waals surface area contributed by atoms with Crippen molar-refractivity contribution in [3.63, 3.8) is 0 Å². The Bertz CT molecular complexity index is 485. The largest absolute Gasteiger partial charge is 0.394 e. The van der Waals surface area contributed by atoms with E-state index in [4.69, 9.17) is 4.74 Å². The van der Waals surface area contributed by atoms with Crippen LogP contribution in [0.25, 0.3) is 0 Å². The number of morpholine rings is 1. The minimum atomic E-state index is -0.304. The maximum absolute atomic E-state index is 12.7. The predicted molar refractivity (Wildman–Crippen MR) is 80.5 cm³/mol. The Morgan fingerprint density at radius 3 is 2.95 bits per heavy atom. The van der Waals surface area contributed by atoms with Crippen LogP contribution < -0.4 is 5.32 Å². The van der Waals surface area contributed by atoms with E-state index in [9.17, 15) is 9.90 Å². The highest BCUT2D eigenvalue weighted by Crippen LogP contribution is 2.18. The van der Waals surface area contributed by atoms with Crippen molar-refractivity contribution in [2.24, 2.45) is 0 Å². The number of aliphatic hydroxyl groups excluding tert-OH is 1. The monoisotopic (exact) mass is 293 g/mol.